The van der Waals surface area contributed by atoms with E-state index in [9.17, 15) is 5.11 Å². The highest BCUT2D eigenvalue weighted by Crippen LogP contribution is 2.49. The molecule has 72 valence electrons. The van der Waals surface area contributed by atoms with Crippen LogP contribution in [0.3, 0.4) is 0 Å². The van der Waals surface area contributed by atoms with Crippen LogP contribution in [0.15, 0.2) is 6.07 Å². The molecule has 1 nitrogen and oxygen atoms in total. The number of hydrogen-bond acceptors (Lipinski definition) is 2. The van der Waals surface area contributed by atoms with Crippen molar-refractivity contribution in [3.63, 3.8) is 0 Å². The SMILES string of the molecule is CC1CC1C(O)c1cc(Cl)sc1Cl. The minimum absolute atomic E-state index is 0.378. The number of halogens is 2. The van der Waals surface area contributed by atoms with Crippen LogP contribution in [-0.2, 0) is 0 Å². The zero-order valence-corrected chi connectivity index (χ0v) is 9.46. The topological polar surface area (TPSA) is 20.2 Å². The van der Waals surface area contributed by atoms with Gasteiger partial charge in [0, 0.05) is 5.56 Å². The van der Waals surface area contributed by atoms with Crippen LogP contribution in [0.5, 0.6) is 0 Å². The van der Waals surface area contributed by atoms with Crippen LogP contribution in [-0.4, -0.2) is 5.11 Å². The van der Waals surface area contributed by atoms with Crippen LogP contribution in [0.2, 0.25) is 8.67 Å². The Morgan fingerprint density at radius 1 is 1.62 bits per heavy atom. The largest absolute Gasteiger partial charge is 0.388 e. The van der Waals surface area contributed by atoms with Crippen molar-refractivity contribution in [1.82, 2.24) is 0 Å². The van der Waals surface area contributed by atoms with E-state index in [1.165, 1.54) is 11.3 Å². The van der Waals surface area contributed by atoms with Crippen molar-refractivity contribution in [1.29, 1.82) is 0 Å². The smallest absolute Gasteiger partial charge is 0.100 e. The van der Waals surface area contributed by atoms with Gasteiger partial charge in [0.05, 0.1) is 10.4 Å². The Morgan fingerprint density at radius 2 is 2.23 bits per heavy atom. The van der Waals surface area contributed by atoms with Crippen molar-refractivity contribution < 1.29 is 5.11 Å². The van der Waals surface area contributed by atoms with Crippen LogP contribution in [0.25, 0.3) is 0 Å². The molecule has 3 atom stereocenters. The summed E-state index contributed by atoms with van der Waals surface area (Å²) < 4.78 is 1.27. The maximum absolute atomic E-state index is 9.89. The highest BCUT2D eigenvalue weighted by Gasteiger charge is 2.40. The molecule has 1 aromatic rings. The highest BCUT2D eigenvalue weighted by atomic mass is 35.5. The quantitative estimate of drug-likeness (QED) is 0.830. The highest BCUT2D eigenvalue weighted by molar-refractivity contribution is 7.20. The summed E-state index contributed by atoms with van der Waals surface area (Å²) in [5.74, 6) is 0.993. The lowest BCUT2D eigenvalue weighted by Crippen LogP contribution is -1.99. The summed E-state index contributed by atoms with van der Waals surface area (Å²) in [7, 11) is 0. The first kappa shape index (κ1) is 9.78. The fraction of sp³-hybridized carbons (Fsp3) is 0.556. The molecule has 2 rings (SSSR count). The summed E-state index contributed by atoms with van der Waals surface area (Å²) >= 11 is 13.0. The zero-order valence-electron chi connectivity index (χ0n) is 7.13. The Balaban J connectivity index is 2.19. The second kappa shape index (κ2) is 3.43. The average molecular weight is 237 g/mol. The Labute approximate surface area is 91.3 Å². The Morgan fingerprint density at radius 3 is 2.62 bits per heavy atom. The molecule has 1 heterocycles. The summed E-state index contributed by atoms with van der Waals surface area (Å²) in [6.07, 6.45) is 0.663. The van der Waals surface area contributed by atoms with E-state index < -0.39 is 6.10 Å². The molecule has 1 fully saturated rings. The monoisotopic (exact) mass is 236 g/mol. The van der Waals surface area contributed by atoms with Gasteiger partial charge in [0.25, 0.3) is 0 Å². The van der Waals surface area contributed by atoms with Crippen molar-refractivity contribution >= 4 is 34.5 Å². The molecule has 4 heteroatoms. The van der Waals surface area contributed by atoms with E-state index in [-0.39, 0.29) is 0 Å². The van der Waals surface area contributed by atoms with Gasteiger partial charge in [0.1, 0.15) is 4.34 Å². The number of aliphatic hydroxyl groups is 1. The molecular weight excluding hydrogens is 227 g/mol. The zero-order chi connectivity index (χ0) is 9.59. The first-order valence-electron chi connectivity index (χ1n) is 4.22. The molecule has 3 unspecified atom stereocenters. The van der Waals surface area contributed by atoms with Gasteiger partial charge in [-0.25, -0.2) is 0 Å². The second-order valence-electron chi connectivity index (χ2n) is 3.60. The Kier molecular flexibility index (Phi) is 2.58. The minimum Gasteiger partial charge on any atom is -0.388 e. The predicted octanol–water partition coefficient (Wildman–Crippen LogP) is 3.74. The van der Waals surface area contributed by atoms with Gasteiger partial charge in [-0.3, -0.25) is 0 Å². The first-order chi connectivity index (χ1) is 6.09. The Bertz CT molecular complexity index is 323. The molecule has 1 N–H and O–H groups in total. The number of hydrogen-bond donors (Lipinski definition) is 1. The van der Waals surface area contributed by atoms with Gasteiger partial charge in [-0.05, 0) is 24.3 Å². The van der Waals surface area contributed by atoms with E-state index in [0.717, 1.165) is 12.0 Å². The van der Waals surface area contributed by atoms with Crippen LogP contribution in [0, 0.1) is 11.8 Å². The van der Waals surface area contributed by atoms with Crippen molar-refractivity contribution in [3.05, 3.63) is 20.3 Å². The van der Waals surface area contributed by atoms with Crippen LogP contribution < -0.4 is 0 Å². The van der Waals surface area contributed by atoms with Crippen LogP contribution in [0.1, 0.15) is 25.0 Å². The van der Waals surface area contributed by atoms with Crippen LogP contribution >= 0.6 is 34.5 Å². The molecule has 0 spiro atoms. The van der Waals surface area contributed by atoms with E-state index >= 15 is 0 Å². The van der Waals surface area contributed by atoms with Gasteiger partial charge in [0.15, 0.2) is 0 Å². The van der Waals surface area contributed by atoms with E-state index in [2.05, 4.69) is 6.92 Å². The van der Waals surface area contributed by atoms with Gasteiger partial charge < -0.3 is 5.11 Å². The van der Waals surface area contributed by atoms with Gasteiger partial charge in [-0.15, -0.1) is 11.3 Å². The van der Waals surface area contributed by atoms with E-state index in [4.69, 9.17) is 23.2 Å². The minimum atomic E-state index is -0.425. The molecule has 0 saturated heterocycles. The normalized spacial score (nSPS) is 28.9. The summed E-state index contributed by atoms with van der Waals surface area (Å²) in [5, 5.41) is 9.89. The second-order valence-corrected chi connectivity index (χ2v) is 5.89. The lowest BCUT2D eigenvalue weighted by molar-refractivity contribution is 0.149. The molecule has 0 amide bonds. The number of rotatable bonds is 2. The van der Waals surface area contributed by atoms with Gasteiger partial charge in [-0.1, -0.05) is 30.1 Å². The van der Waals surface area contributed by atoms with Crippen molar-refractivity contribution in [2.45, 2.75) is 19.4 Å². The van der Waals surface area contributed by atoms with Crippen molar-refractivity contribution in [2.24, 2.45) is 11.8 Å². The molecule has 13 heavy (non-hydrogen) atoms. The molecule has 1 aliphatic rings. The van der Waals surface area contributed by atoms with Crippen LogP contribution in [0.4, 0.5) is 0 Å². The molecule has 1 saturated carbocycles. The summed E-state index contributed by atoms with van der Waals surface area (Å²) in [5.41, 5.74) is 0.797. The molecule has 1 aromatic heterocycles. The fourth-order valence-corrected chi connectivity index (χ4v) is 3.11. The molecule has 0 bridgehead atoms. The summed E-state index contributed by atoms with van der Waals surface area (Å²) in [6, 6.07) is 1.77. The number of thiophene rings is 1. The standard InChI is InChI=1S/C9H10Cl2OS/c1-4-2-5(4)8(12)6-3-7(10)13-9(6)11/h3-5,8,12H,2H2,1H3. The third kappa shape index (κ3) is 1.86. The maximum atomic E-state index is 9.89. The fourth-order valence-electron chi connectivity index (χ4n) is 1.58. The lowest BCUT2D eigenvalue weighted by atomic mass is 10.1. The molecular formula is C9H10Cl2OS. The maximum Gasteiger partial charge on any atom is 0.100 e. The van der Waals surface area contributed by atoms with Gasteiger partial charge >= 0.3 is 0 Å². The van der Waals surface area contributed by atoms with Gasteiger partial charge in [0.2, 0.25) is 0 Å². The third-order valence-corrected chi connectivity index (χ3v) is 4.10. The molecule has 1 aliphatic carbocycles. The molecule has 0 radical (unpaired) electrons. The summed E-state index contributed by atoms with van der Waals surface area (Å²) in [6.45, 7) is 2.13. The number of aliphatic hydroxyl groups excluding tert-OH is 1. The predicted molar refractivity (Wildman–Crippen MR) is 56.6 cm³/mol. The molecule has 0 aliphatic heterocycles. The Hall–Kier alpha value is 0.240. The summed E-state index contributed by atoms with van der Waals surface area (Å²) in [4.78, 5) is 0. The van der Waals surface area contributed by atoms with E-state index in [0.29, 0.717) is 20.5 Å². The third-order valence-electron chi connectivity index (χ3n) is 2.58. The average Bonchev–Trinajstić information content (AvgIpc) is 2.67. The lowest BCUT2D eigenvalue weighted by Gasteiger charge is -2.07. The van der Waals surface area contributed by atoms with Gasteiger partial charge in [-0.2, -0.15) is 0 Å². The van der Waals surface area contributed by atoms with Crippen molar-refractivity contribution in [2.75, 3.05) is 0 Å². The first-order valence-corrected chi connectivity index (χ1v) is 5.79. The molecule has 0 aromatic carbocycles. The van der Waals surface area contributed by atoms with E-state index in [1.807, 2.05) is 0 Å². The van der Waals surface area contributed by atoms with E-state index in [1.54, 1.807) is 6.07 Å². The van der Waals surface area contributed by atoms with Crippen molar-refractivity contribution in [3.8, 4) is 0 Å².